The smallest absolute Gasteiger partial charge is 0.221 e. The van der Waals surface area contributed by atoms with Crippen molar-refractivity contribution in [3.8, 4) is 0 Å². The molecular formula is C9H10INO3S. The first-order valence-corrected chi connectivity index (χ1v) is 7.30. The van der Waals surface area contributed by atoms with Gasteiger partial charge in [-0.2, -0.15) is 0 Å². The molecule has 15 heavy (non-hydrogen) atoms. The molecule has 0 saturated heterocycles. The fraction of sp³-hybridized carbons (Fsp3) is 0.222. The van der Waals surface area contributed by atoms with Gasteiger partial charge < -0.3 is 5.32 Å². The second-order valence-corrected chi connectivity index (χ2v) is 6.72. The Hall–Kier alpha value is -0.630. The predicted octanol–water partition coefficient (Wildman–Crippen LogP) is 1.81. The van der Waals surface area contributed by atoms with Gasteiger partial charge in [0.05, 0.1) is 4.90 Å². The second kappa shape index (κ2) is 4.93. The molecule has 0 saturated carbocycles. The van der Waals surface area contributed by atoms with E-state index < -0.39 is 9.84 Å². The van der Waals surface area contributed by atoms with E-state index in [1.165, 1.54) is 19.1 Å². The SMILES string of the molecule is CC(=O)Nc1ccc(S(=O)(=O)CI)cc1. The van der Waals surface area contributed by atoms with Gasteiger partial charge in [-0.3, -0.25) is 4.79 Å². The summed E-state index contributed by atoms with van der Waals surface area (Å²) >= 11 is 1.80. The Morgan fingerprint density at radius 1 is 1.33 bits per heavy atom. The first-order valence-electron chi connectivity index (χ1n) is 4.12. The van der Waals surface area contributed by atoms with Crippen molar-refractivity contribution in [2.75, 3.05) is 9.08 Å². The first kappa shape index (κ1) is 12.4. The van der Waals surface area contributed by atoms with Crippen LogP contribution in [0.2, 0.25) is 0 Å². The Bertz CT molecular complexity index is 453. The van der Waals surface area contributed by atoms with Crippen LogP contribution in [0.4, 0.5) is 5.69 Å². The zero-order valence-electron chi connectivity index (χ0n) is 8.03. The molecule has 1 amide bonds. The van der Waals surface area contributed by atoms with Gasteiger partial charge >= 0.3 is 0 Å². The molecule has 1 aromatic carbocycles. The number of alkyl halides is 1. The minimum Gasteiger partial charge on any atom is -0.326 e. The maximum atomic E-state index is 11.4. The first-order chi connectivity index (χ1) is 6.95. The van der Waals surface area contributed by atoms with Crippen LogP contribution < -0.4 is 5.32 Å². The molecule has 0 radical (unpaired) electrons. The van der Waals surface area contributed by atoms with E-state index in [1.807, 2.05) is 0 Å². The number of rotatable bonds is 3. The van der Waals surface area contributed by atoms with Crippen molar-refractivity contribution in [1.82, 2.24) is 0 Å². The number of hydrogen-bond donors (Lipinski definition) is 1. The number of anilines is 1. The van der Waals surface area contributed by atoms with Gasteiger partial charge in [-0.25, -0.2) is 8.42 Å². The predicted molar refractivity (Wildman–Crippen MR) is 66.8 cm³/mol. The standard InChI is InChI=1S/C9H10INO3S/c1-7(12)11-8-2-4-9(5-3-8)15(13,14)6-10/h2-5H,6H2,1H3,(H,11,12). The highest BCUT2D eigenvalue weighted by Crippen LogP contribution is 2.16. The molecule has 0 spiro atoms. The molecule has 0 bridgehead atoms. The maximum Gasteiger partial charge on any atom is 0.221 e. The molecule has 82 valence electrons. The molecule has 1 aromatic rings. The Kier molecular flexibility index (Phi) is 4.09. The van der Waals surface area contributed by atoms with Gasteiger partial charge in [-0.05, 0) is 24.3 Å². The average molecular weight is 339 g/mol. The lowest BCUT2D eigenvalue weighted by molar-refractivity contribution is -0.114. The summed E-state index contributed by atoms with van der Waals surface area (Å²) in [6.07, 6.45) is 0. The van der Waals surface area contributed by atoms with E-state index in [4.69, 9.17) is 0 Å². The van der Waals surface area contributed by atoms with Crippen LogP contribution in [0.1, 0.15) is 6.92 Å². The molecule has 0 aliphatic carbocycles. The third-order valence-corrected chi connectivity index (χ3v) is 5.41. The quantitative estimate of drug-likeness (QED) is 0.675. The van der Waals surface area contributed by atoms with E-state index in [-0.39, 0.29) is 14.6 Å². The summed E-state index contributed by atoms with van der Waals surface area (Å²) in [6, 6.07) is 6.11. The zero-order chi connectivity index (χ0) is 11.5. The second-order valence-electron chi connectivity index (χ2n) is 2.93. The number of halogens is 1. The third kappa shape index (κ3) is 3.45. The monoisotopic (exact) mass is 339 g/mol. The van der Waals surface area contributed by atoms with Crippen LogP contribution in [0.25, 0.3) is 0 Å². The van der Waals surface area contributed by atoms with E-state index in [9.17, 15) is 13.2 Å². The van der Waals surface area contributed by atoms with Crippen molar-refractivity contribution in [1.29, 1.82) is 0 Å². The molecule has 0 atom stereocenters. The number of hydrogen-bond acceptors (Lipinski definition) is 3. The van der Waals surface area contributed by atoms with E-state index >= 15 is 0 Å². The summed E-state index contributed by atoms with van der Waals surface area (Å²) in [5, 5.41) is 2.57. The van der Waals surface area contributed by atoms with Crippen molar-refractivity contribution >= 4 is 44.0 Å². The lowest BCUT2D eigenvalue weighted by Crippen LogP contribution is -2.06. The number of nitrogens with one attached hydrogen (secondary N) is 1. The topological polar surface area (TPSA) is 63.2 Å². The number of amides is 1. The molecule has 1 rings (SSSR count). The van der Waals surface area contributed by atoms with Gasteiger partial charge in [0, 0.05) is 12.6 Å². The fourth-order valence-corrected chi connectivity index (χ4v) is 2.77. The summed E-state index contributed by atoms with van der Waals surface area (Å²) in [7, 11) is -3.17. The number of benzene rings is 1. The largest absolute Gasteiger partial charge is 0.326 e. The number of carbonyl (C=O) groups is 1. The highest BCUT2D eigenvalue weighted by atomic mass is 127. The molecule has 0 fully saturated rings. The van der Waals surface area contributed by atoms with Crippen LogP contribution in [0.5, 0.6) is 0 Å². The van der Waals surface area contributed by atoms with Gasteiger partial charge in [0.1, 0.15) is 3.76 Å². The van der Waals surface area contributed by atoms with E-state index in [1.54, 1.807) is 34.7 Å². The Labute approximate surface area is 102 Å². The van der Waals surface area contributed by atoms with Crippen molar-refractivity contribution in [2.24, 2.45) is 0 Å². The van der Waals surface area contributed by atoms with Crippen molar-refractivity contribution in [3.63, 3.8) is 0 Å². The lowest BCUT2D eigenvalue weighted by atomic mass is 10.3. The van der Waals surface area contributed by atoms with E-state index in [0.717, 1.165) is 0 Å². The van der Waals surface area contributed by atoms with Gasteiger partial charge in [0.15, 0.2) is 9.84 Å². The molecule has 0 aliphatic rings. The average Bonchev–Trinajstić information content (AvgIpc) is 2.18. The van der Waals surface area contributed by atoms with Crippen LogP contribution >= 0.6 is 22.6 Å². The highest BCUT2D eigenvalue weighted by Gasteiger charge is 2.11. The van der Waals surface area contributed by atoms with E-state index in [0.29, 0.717) is 5.69 Å². The van der Waals surface area contributed by atoms with Gasteiger partial charge in [0.25, 0.3) is 0 Å². The van der Waals surface area contributed by atoms with E-state index in [2.05, 4.69) is 5.32 Å². The van der Waals surface area contributed by atoms with Gasteiger partial charge in [0.2, 0.25) is 5.91 Å². The number of carbonyl (C=O) groups excluding carboxylic acids is 1. The van der Waals surface area contributed by atoms with Crippen molar-refractivity contribution in [3.05, 3.63) is 24.3 Å². The zero-order valence-corrected chi connectivity index (χ0v) is 11.0. The molecule has 0 heterocycles. The minimum atomic E-state index is -3.17. The summed E-state index contributed by atoms with van der Waals surface area (Å²) in [5.41, 5.74) is 0.593. The van der Waals surface area contributed by atoms with Crippen molar-refractivity contribution < 1.29 is 13.2 Å². The van der Waals surface area contributed by atoms with Crippen LogP contribution in [-0.2, 0) is 14.6 Å². The van der Waals surface area contributed by atoms with Crippen molar-refractivity contribution in [2.45, 2.75) is 11.8 Å². The van der Waals surface area contributed by atoms with Crippen LogP contribution in [-0.4, -0.2) is 18.1 Å². The van der Waals surface area contributed by atoms with Gasteiger partial charge in [-0.15, -0.1) is 0 Å². The molecule has 0 aliphatic heterocycles. The third-order valence-electron chi connectivity index (χ3n) is 1.68. The summed E-state index contributed by atoms with van der Waals surface area (Å²) in [6.45, 7) is 1.40. The molecule has 1 N–H and O–H groups in total. The normalized spacial score (nSPS) is 11.1. The molecular weight excluding hydrogens is 329 g/mol. The highest BCUT2D eigenvalue weighted by molar-refractivity contribution is 14.1. The van der Waals surface area contributed by atoms with Crippen LogP contribution in [0.15, 0.2) is 29.2 Å². The Morgan fingerprint density at radius 2 is 1.87 bits per heavy atom. The summed E-state index contributed by atoms with van der Waals surface area (Å²) < 4.78 is 22.9. The molecule has 0 unspecified atom stereocenters. The fourth-order valence-electron chi connectivity index (χ4n) is 1.01. The maximum absolute atomic E-state index is 11.4. The van der Waals surface area contributed by atoms with Crippen LogP contribution in [0, 0.1) is 0 Å². The Balaban J connectivity index is 2.95. The minimum absolute atomic E-state index is 0.0459. The lowest BCUT2D eigenvalue weighted by Gasteiger charge is -2.03. The molecule has 4 nitrogen and oxygen atoms in total. The van der Waals surface area contributed by atoms with Crippen LogP contribution in [0.3, 0.4) is 0 Å². The molecule has 6 heteroatoms. The van der Waals surface area contributed by atoms with Gasteiger partial charge in [-0.1, -0.05) is 22.6 Å². The molecule has 0 aromatic heterocycles. The summed E-state index contributed by atoms with van der Waals surface area (Å²) in [4.78, 5) is 11.0. The Morgan fingerprint density at radius 3 is 2.27 bits per heavy atom. The number of sulfone groups is 1. The summed E-state index contributed by atoms with van der Waals surface area (Å²) in [5.74, 6) is -0.181.